The SMILES string of the molecule is C=C1/C(=C\C=C2/CCC[C@]3(C)[C@@H]([C@H](C)CN4CCC[C@H](C(C)(F)F)C4)CC[C@@H]23)C[C@@H](O)C[C@@H]1O. The van der Waals surface area contributed by atoms with Crippen molar-refractivity contribution in [3.63, 3.8) is 0 Å². The minimum atomic E-state index is -2.58. The molecule has 1 aliphatic heterocycles. The lowest BCUT2D eigenvalue weighted by Gasteiger charge is -2.46. The summed E-state index contributed by atoms with van der Waals surface area (Å²) in [5.41, 5.74) is 3.48. The van der Waals surface area contributed by atoms with Gasteiger partial charge in [-0.3, -0.25) is 0 Å². The average molecular weight is 478 g/mol. The number of fused-ring (bicyclic) bond motifs is 1. The second-order valence-electron chi connectivity index (χ2n) is 12.2. The van der Waals surface area contributed by atoms with Crippen LogP contribution in [0.15, 0.2) is 35.5 Å². The highest BCUT2D eigenvalue weighted by Crippen LogP contribution is 2.59. The summed E-state index contributed by atoms with van der Waals surface area (Å²) in [6.45, 7) is 12.4. The first-order valence-corrected chi connectivity index (χ1v) is 13.5. The summed E-state index contributed by atoms with van der Waals surface area (Å²) in [4.78, 5) is 2.31. The van der Waals surface area contributed by atoms with Gasteiger partial charge in [-0.25, -0.2) is 8.78 Å². The summed E-state index contributed by atoms with van der Waals surface area (Å²) < 4.78 is 27.9. The third kappa shape index (κ3) is 5.37. The van der Waals surface area contributed by atoms with Crippen molar-refractivity contribution in [3.05, 3.63) is 35.5 Å². The van der Waals surface area contributed by atoms with E-state index in [0.29, 0.717) is 43.6 Å². The Morgan fingerprint density at radius 3 is 2.71 bits per heavy atom. The molecular weight excluding hydrogens is 432 g/mol. The van der Waals surface area contributed by atoms with Crippen molar-refractivity contribution in [1.29, 1.82) is 0 Å². The quantitative estimate of drug-likeness (QED) is 0.501. The molecular formula is C29H45F2NO2. The van der Waals surface area contributed by atoms with Gasteiger partial charge >= 0.3 is 0 Å². The van der Waals surface area contributed by atoms with E-state index in [4.69, 9.17) is 0 Å². The van der Waals surface area contributed by atoms with Gasteiger partial charge < -0.3 is 15.1 Å². The molecule has 0 aromatic heterocycles. The van der Waals surface area contributed by atoms with Crippen molar-refractivity contribution in [3.8, 4) is 0 Å². The topological polar surface area (TPSA) is 43.7 Å². The largest absolute Gasteiger partial charge is 0.393 e. The molecule has 0 aromatic rings. The highest BCUT2D eigenvalue weighted by Gasteiger charge is 2.51. The predicted molar refractivity (Wildman–Crippen MR) is 134 cm³/mol. The van der Waals surface area contributed by atoms with E-state index >= 15 is 0 Å². The van der Waals surface area contributed by atoms with E-state index in [0.717, 1.165) is 44.0 Å². The first kappa shape index (κ1) is 26.0. The molecule has 4 aliphatic rings. The molecule has 0 aromatic carbocycles. The molecule has 1 saturated heterocycles. The van der Waals surface area contributed by atoms with E-state index in [2.05, 4.69) is 37.5 Å². The maximum atomic E-state index is 13.9. The highest BCUT2D eigenvalue weighted by molar-refractivity contribution is 5.38. The zero-order valence-electron chi connectivity index (χ0n) is 21.4. The predicted octanol–water partition coefficient (Wildman–Crippen LogP) is 6.13. The minimum Gasteiger partial charge on any atom is -0.393 e. The number of hydrogen-bond acceptors (Lipinski definition) is 3. The Hall–Kier alpha value is -1.04. The van der Waals surface area contributed by atoms with Crippen molar-refractivity contribution in [1.82, 2.24) is 4.90 Å². The van der Waals surface area contributed by atoms with Gasteiger partial charge in [0.2, 0.25) is 5.92 Å². The van der Waals surface area contributed by atoms with Gasteiger partial charge in [-0.1, -0.05) is 38.2 Å². The summed E-state index contributed by atoms with van der Waals surface area (Å²) in [6.07, 6.45) is 11.6. The first-order valence-electron chi connectivity index (χ1n) is 13.5. The lowest BCUT2D eigenvalue weighted by atomic mass is 9.61. The molecule has 2 N–H and O–H groups in total. The Morgan fingerprint density at radius 1 is 1.21 bits per heavy atom. The highest BCUT2D eigenvalue weighted by atomic mass is 19.3. The second kappa shape index (κ2) is 10.1. The Labute approximate surface area is 205 Å². The Balaban J connectivity index is 1.44. The number of rotatable bonds is 5. The normalized spacial score (nSPS) is 41.1. The number of halogens is 2. The van der Waals surface area contributed by atoms with E-state index in [1.165, 1.54) is 31.3 Å². The average Bonchev–Trinajstić information content (AvgIpc) is 3.12. The van der Waals surface area contributed by atoms with Gasteiger partial charge in [0.05, 0.1) is 12.2 Å². The molecule has 7 atom stereocenters. The standard InChI is InChI=1S/C29H45F2NO2/c1-19(17-32-14-6-8-23(18-32)29(4,30)31)25-11-12-26-21(7-5-13-28(25,26)3)9-10-22-15-24(33)16-27(34)20(22)2/h9-10,19,23-27,33-34H,2,5-8,11-18H2,1,3-4H3/b21-9+,22-10-/t19-,23+,24-,25-,26+,27+,28-/m1/s1. The molecule has 1 heterocycles. The lowest BCUT2D eigenvalue weighted by molar-refractivity contribution is -0.0695. The molecule has 4 fully saturated rings. The summed E-state index contributed by atoms with van der Waals surface area (Å²) in [5.74, 6) is -1.42. The summed E-state index contributed by atoms with van der Waals surface area (Å²) in [7, 11) is 0. The number of likely N-dealkylation sites (tertiary alicyclic amines) is 1. The second-order valence-corrected chi connectivity index (χ2v) is 12.2. The number of nitrogens with zero attached hydrogens (tertiary/aromatic N) is 1. The number of piperidine rings is 1. The van der Waals surface area contributed by atoms with E-state index in [1.807, 2.05) is 0 Å². The van der Waals surface area contributed by atoms with Crippen LogP contribution in [0.25, 0.3) is 0 Å². The number of hydrogen-bond donors (Lipinski definition) is 2. The fourth-order valence-corrected chi connectivity index (χ4v) is 7.85. The maximum absolute atomic E-state index is 13.9. The van der Waals surface area contributed by atoms with Crippen molar-refractivity contribution < 1.29 is 19.0 Å². The summed E-state index contributed by atoms with van der Waals surface area (Å²) in [6, 6.07) is 0. The van der Waals surface area contributed by atoms with Crippen LogP contribution in [-0.2, 0) is 0 Å². The Kier molecular flexibility index (Phi) is 7.77. The molecule has 0 radical (unpaired) electrons. The molecule has 3 aliphatic carbocycles. The van der Waals surface area contributed by atoms with Gasteiger partial charge in [-0.2, -0.15) is 0 Å². The van der Waals surface area contributed by atoms with Crippen molar-refractivity contribution in [2.24, 2.45) is 29.1 Å². The number of aliphatic hydroxyl groups is 2. The van der Waals surface area contributed by atoms with Crippen molar-refractivity contribution in [2.45, 2.75) is 96.7 Å². The third-order valence-electron chi connectivity index (χ3n) is 9.76. The van der Waals surface area contributed by atoms with Gasteiger partial charge in [0.1, 0.15) is 0 Å². The van der Waals surface area contributed by atoms with Gasteiger partial charge in [0.25, 0.3) is 0 Å². The van der Waals surface area contributed by atoms with Crippen LogP contribution in [0.4, 0.5) is 8.78 Å². The van der Waals surface area contributed by atoms with E-state index < -0.39 is 24.0 Å². The van der Waals surface area contributed by atoms with Crippen LogP contribution in [0.2, 0.25) is 0 Å². The molecule has 5 heteroatoms. The maximum Gasteiger partial charge on any atom is 0.249 e. The molecule has 192 valence electrons. The molecule has 0 unspecified atom stereocenters. The van der Waals surface area contributed by atoms with E-state index in [9.17, 15) is 19.0 Å². The summed E-state index contributed by atoms with van der Waals surface area (Å²) >= 11 is 0. The third-order valence-corrected chi connectivity index (χ3v) is 9.76. The zero-order chi connectivity index (χ0) is 24.7. The molecule has 34 heavy (non-hydrogen) atoms. The van der Waals surface area contributed by atoms with Gasteiger partial charge in [0.15, 0.2) is 0 Å². The molecule has 0 amide bonds. The number of allylic oxidation sites excluding steroid dienone is 3. The Morgan fingerprint density at radius 2 is 1.97 bits per heavy atom. The summed E-state index contributed by atoms with van der Waals surface area (Å²) in [5, 5.41) is 20.3. The zero-order valence-corrected chi connectivity index (χ0v) is 21.4. The first-order chi connectivity index (χ1) is 16.0. The van der Waals surface area contributed by atoms with Crippen LogP contribution in [-0.4, -0.2) is 52.9 Å². The molecule has 3 saturated carbocycles. The molecule has 0 bridgehead atoms. The van der Waals surface area contributed by atoms with Gasteiger partial charge in [0, 0.05) is 25.4 Å². The van der Waals surface area contributed by atoms with E-state index in [1.54, 1.807) is 0 Å². The lowest BCUT2D eigenvalue weighted by Crippen LogP contribution is -2.46. The minimum absolute atomic E-state index is 0.258. The number of aliphatic hydroxyl groups excluding tert-OH is 2. The van der Waals surface area contributed by atoms with Gasteiger partial charge in [-0.15, -0.1) is 0 Å². The van der Waals surface area contributed by atoms with Crippen LogP contribution in [0.3, 0.4) is 0 Å². The smallest absolute Gasteiger partial charge is 0.249 e. The monoisotopic (exact) mass is 477 g/mol. The molecule has 4 rings (SSSR count). The van der Waals surface area contributed by atoms with Gasteiger partial charge in [-0.05, 0) is 99.1 Å². The number of alkyl halides is 2. The molecule has 0 spiro atoms. The van der Waals surface area contributed by atoms with Crippen molar-refractivity contribution in [2.75, 3.05) is 19.6 Å². The fourth-order valence-electron chi connectivity index (χ4n) is 7.85. The van der Waals surface area contributed by atoms with Crippen LogP contribution in [0.5, 0.6) is 0 Å². The van der Waals surface area contributed by atoms with Crippen LogP contribution in [0.1, 0.15) is 78.6 Å². The van der Waals surface area contributed by atoms with Crippen LogP contribution >= 0.6 is 0 Å². The fraction of sp³-hybridized carbons (Fsp3) is 0.793. The van der Waals surface area contributed by atoms with E-state index in [-0.39, 0.29) is 5.41 Å². The van der Waals surface area contributed by atoms with Crippen molar-refractivity contribution >= 4 is 0 Å². The van der Waals surface area contributed by atoms with Crippen LogP contribution < -0.4 is 0 Å². The molecule has 3 nitrogen and oxygen atoms in total. The van der Waals surface area contributed by atoms with Crippen LogP contribution in [0, 0.1) is 29.1 Å². The Bertz CT molecular complexity index is 815.